The Hall–Kier alpha value is -2.29. The lowest BCUT2D eigenvalue weighted by Crippen LogP contribution is -2.47. The molecule has 0 aromatic rings. The Balaban J connectivity index is 5.45. The first-order chi connectivity index (χ1) is 30.9. The van der Waals surface area contributed by atoms with E-state index in [-0.39, 0.29) is 24.9 Å². The lowest BCUT2D eigenvalue weighted by molar-refractivity contribution is -0.870. The second-order valence-electron chi connectivity index (χ2n) is 18.7. The number of rotatable bonds is 46. The molecule has 0 aliphatic carbocycles. The van der Waals surface area contributed by atoms with Crippen molar-refractivity contribution >= 4 is 19.7 Å². The van der Waals surface area contributed by atoms with Gasteiger partial charge in [-0.05, 0) is 70.3 Å². The molecule has 3 atom stereocenters. The summed E-state index contributed by atoms with van der Waals surface area (Å²) in [6.07, 6.45) is 53.3. The summed E-state index contributed by atoms with van der Waals surface area (Å²) in [5.74, 6) is -0.570. The number of hydrogen-bond acceptors (Lipinski definition) is 7. The van der Waals surface area contributed by atoms with Crippen LogP contribution in [0.2, 0.25) is 0 Å². The number of ether oxygens (including phenoxy) is 1. The van der Waals surface area contributed by atoms with Crippen LogP contribution >= 0.6 is 7.82 Å². The summed E-state index contributed by atoms with van der Waals surface area (Å²) in [7, 11) is 1.16. The zero-order valence-corrected chi connectivity index (χ0v) is 43.1. The SMILES string of the molecule is CC/C=C/C=C/C=C/CCCCCCCCCC(=O)OC(/C=C/CCCCCCCCCCCC)C(COP(=O)([O-])OCC[N+](C)(C)C)NC(=O)CCCCCCC/C=C\CCCC. The largest absolute Gasteiger partial charge is 0.756 e. The van der Waals surface area contributed by atoms with Gasteiger partial charge in [-0.1, -0.05) is 197 Å². The molecule has 0 rings (SSSR count). The van der Waals surface area contributed by atoms with Crippen LogP contribution in [0.5, 0.6) is 0 Å². The fourth-order valence-electron chi connectivity index (χ4n) is 7.15. The summed E-state index contributed by atoms with van der Waals surface area (Å²) in [6.45, 7) is 6.64. The van der Waals surface area contributed by atoms with E-state index in [0.717, 1.165) is 96.3 Å². The minimum atomic E-state index is -4.69. The number of hydrogen-bond donors (Lipinski definition) is 1. The lowest BCUT2D eigenvalue weighted by atomic mass is 10.0. The number of esters is 1. The van der Waals surface area contributed by atoms with Gasteiger partial charge in [0.1, 0.15) is 19.3 Å². The highest BCUT2D eigenvalue weighted by Crippen LogP contribution is 2.38. The number of phosphoric ester groups is 1. The third-order valence-corrected chi connectivity index (χ3v) is 12.2. The number of likely N-dealkylation sites (N-methyl/N-ethyl adjacent to an activating group) is 1. The number of amides is 1. The predicted molar refractivity (Wildman–Crippen MR) is 270 cm³/mol. The molecule has 0 spiro atoms. The minimum absolute atomic E-state index is 0.0276. The first kappa shape index (κ1) is 61.7. The number of unbranched alkanes of at least 4 members (excludes halogenated alkanes) is 24. The zero-order chi connectivity index (χ0) is 47.3. The van der Waals surface area contributed by atoms with E-state index < -0.39 is 26.6 Å². The molecule has 0 radical (unpaired) electrons. The average Bonchev–Trinajstić information content (AvgIpc) is 3.25. The van der Waals surface area contributed by atoms with Gasteiger partial charge in [0, 0.05) is 12.8 Å². The van der Waals surface area contributed by atoms with E-state index in [1.807, 2.05) is 33.3 Å². The van der Waals surface area contributed by atoms with Crippen LogP contribution in [0.3, 0.4) is 0 Å². The summed E-state index contributed by atoms with van der Waals surface area (Å²) in [6, 6.07) is -0.895. The zero-order valence-electron chi connectivity index (χ0n) is 42.2. The van der Waals surface area contributed by atoms with E-state index in [1.165, 1.54) is 83.5 Å². The molecule has 0 aliphatic heterocycles. The van der Waals surface area contributed by atoms with Gasteiger partial charge >= 0.3 is 5.97 Å². The highest BCUT2D eigenvalue weighted by Gasteiger charge is 2.27. The van der Waals surface area contributed by atoms with Gasteiger partial charge in [0.25, 0.3) is 7.82 Å². The van der Waals surface area contributed by atoms with Gasteiger partial charge < -0.3 is 28.5 Å². The van der Waals surface area contributed by atoms with E-state index in [1.54, 1.807) is 0 Å². The Morgan fingerprint density at radius 2 is 1.03 bits per heavy atom. The van der Waals surface area contributed by atoms with E-state index in [9.17, 15) is 19.0 Å². The van der Waals surface area contributed by atoms with Crippen molar-refractivity contribution in [3.8, 4) is 0 Å². The number of allylic oxidation sites excluding steroid dienone is 9. The van der Waals surface area contributed by atoms with Gasteiger partial charge in [-0.2, -0.15) is 0 Å². The van der Waals surface area contributed by atoms with E-state index in [4.69, 9.17) is 13.8 Å². The monoisotopic (exact) mass is 919 g/mol. The van der Waals surface area contributed by atoms with E-state index >= 15 is 0 Å². The van der Waals surface area contributed by atoms with Gasteiger partial charge in [-0.3, -0.25) is 14.2 Å². The maximum atomic E-state index is 13.4. The molecule has 64 heavy (non-hydrogen) atoms. The van der Waals surface area contributed by atoms with Gasteiger partial charge in [0.15, 0.2) is 0 Å². The molecule has 3 unspecified atom stereocenters. The maximum Gasteiger partial charge on any atom is 0.306 e. The van der Waals surface area contributed by atoms with Crippen molar-refractivity contribution < 1.29 is 37.3 Å². The standard InChI is InChI=1S/C54H99N2O7P/c1-7-10-13-16-19-22-25-27-28-29-32-35-38-41-44-47-54(58)63-52(45-42-39-36-33-31-26-23-20-17-14-11-8-2)51(50-62-64(59,60)61-49-48-56(4,5)6)55-53(57)46-43-40-37-34-30-24-21-18-15-12-9-3/h10,13,16,18-19,21-22,25,42,45,51-52H,7-9,11-12,14-15,17,20,23-24,26-41,43-44,46-50H2,1-6H3,(H-,55,57,59,60)/b13-10+,19-16+,21-18-,25-22+,45-42+. The summed E-state index contributed by atoms with van der Waals surface area (Å²) in [4.78, 5) is 39.6. The van der Waals surface area contributed by atoms with Crippen LogP contribution in [0.4, 0.5) is 0 Å². The smallest absolute Gasteiger partial charge is 0.306 e. The number of phosphoric acid groups is 1. The van der Waals surface area contributed by atoms with Crippen molar-refractivity contribution in [1.29, 1.82) is 0 Å². The van der Waals surface area contributed by atoms with Crippen LogP contribution in [-0.2, 0) is 27.9 Å². The van der Waals surface area contributed by atoms with Crippen molar-refractivity contribution in [3.05, 3.63) is 60.8 Å². The highest BCUT2D eigenvalue weighted by atomic mass is 31.2. The quantitative estimate of drug-likeness (QED) is 0.0161. The predicted octanol–water partition coefficient (Wildman–Crippen LogP) is 14.5. The van der Waals surface area contributed by atoms with Crippen LogP contribution in [0.25, 0.3) is 0 Å². The Morgan fingerprint density at radius 3 is 1.58 bits per heavy atom. The molecule has 9 nitrogen and oxygen atoms in total. The molecule has 1 amide bonds. The normalized spacial score (nSPS) is 14.4. The molecule has 1 N–H and O–H groups in total. The Morgan fingerprint density at radius 1 is 0.562 bits per heavy atom. The maximum absolute atomic E-state index is 13.4. The third-order valence-electron chi connectivity index (χ3n) is 11.2. The van der Waals surface area contributed by atoms with Gasteiger partial charge in [0.05, 0.1) is 33.8 Å². The molecule has 0 bridgehead atoms. The summed E-state index contributed by atoms with van der Waals surface area (Å²) >= 11 is 0. The molecule has 0 saturated carbocycles. The molecule has 0 heterocycles. The van der Waals surface area contributed by atoms with Crippen molar-refractivity contribution in [1.82, 2.24) is 5.32 Å². The summed E-state index contributed by atoms with van der Waals surface area (Å²) in [5.41, 5.74) is 0. The topological polar surface area (TPSA) is 114 Å². The Bertz CT molecular complexity index is 1290. The second-order valence-corrected chi connectivity index (χ2v) is 20.1. The van der Waals surface area contributed by atoms with Crippen LogP contribution < -0.4 is 10.2 Å². The van der Waals surface area contributed by atoms with E-state index in [2.05, 4.69) is 74.7 Å². The van der Waals surface area contributed by atoms with Crippen molar-refractivity contribution in [2.24, 2.45) is 0 Å². The summed E-state index contributed by atoms with van der Waals surface area (Å²) in [5, 5.41) is 3.00. The fraction of sp³-hybridized carbons (Fsp3) is 0.778. The number of carbonyl (C=O) groups excluding carboxylic acids is 2. The molecule has 0 saturated heterocycles. The first-order valence-electron chi connectivity index (χ1n) is 26.1. The van der Waals surface area contributed by atoms with Crippen molar-refractivity contribution in [3.63, 3.8) is 0 Å². The first-order valence-corrected chi connectivity index (χ1v) is 27.6. The Kier molecular flexibility index (Phi) is 42.9. The number of nitrogens with one attached hydrogen (secondary N) is 1. The number of nitrogens with zero attached hydrogens (tertiary/aromatic N) is 1. The molecule has 0 fully saturated rings. The molecular formula is C54H99N2O7P. The molecule has 0 aromatic carbocycles. The number of quaternary nitrogens is 1. The van der Waals surface area contributed by atoms with Gasteiger partial charge in [-0.25, -0.2) is 0 Å². The molecule has 0 aliphatic rings. The van der Waals surface area contributed by atoms with Crippen LogP contribution in [0.15, 0.2) is 60.8 Å². The lowest BCUT2D eigenvalue weighted by Gasteiger charge is -2.30. The third kappa shape index (κ3) is 44.9. The van der Waals surface area contributed by atoms with Crippen molar-refractivity contribution in [2.75, 3.05) is 40.9 Å². The average molecular weight is 919 g/mol. The molecular weight excluding hydrogens is 820 g/mol. The Labute approximate surface area is 394 Å². The van der Waals surface area contributed by atoms with Crippen LogP contribution in [0.1, 0.15) is 220 Å². The van der Waals surface area contributed by atoms with Crippen LogP contribution in [-0.4, -0.2) is 69.4 Å². The molecule has 0 aromatic heterocycles. The van der Waals surface area contributed by atoms with Crippen molar-refractivity contribution in [2.45, 2.75) is 232 Å². The highest BCUT2D eigenvalue weighted by molar-refractivity contribution is 7.45. The van der Waals surface area contributed by atoms with Crippen LogP contribution in [0, 0.1) is 0 Å². The number of carbonyl (C=O) groups is 2. The van der Waals surface area contributed by atoms with Gasteiger partial charge in [-0.15, -0.1) is 0 Å². The fourth-order valence-corrected chi connectivity index (χ4v) is 7.87. The minimum Gasteiger partial charge on any atom is -0.756 e. The summed E-state index contributed by atoms with van der Waals surface area (Å²) < 4.78 is 30.1. The molecule has 372 valence electrons. The molecule has 10 heteroatoms. The van der Waals surface area contributed by atoms with E-state index in [0.29, 0.717) is 23.9 Å². The van der Waals surface area contributed by atoms with Gasteiger partial charge in [0.2, 0.25) is 5.91 Å². The second kappa shape index (κ2) is 44.5.